The van der Waals surface area contributed by atoms with Gasteiger partial charge in [0.05, 0.1) is 20.5 Å². The van der Waals surface area contributed by atoms with E-state index in [1.54, 1.807) is 60.8 Å². The SMILES string of the molecule is COc1ccc(C(=O)C=CNc2ccc(NC(=O)c3ccco3)cc2)cc1OC. The first kappa shape index (κ1) is 19.8. The van der Waals surface area contributed by atoms with Crippen LogP contribution < -0.4 is 20.1 Å². The summed E-state index contributed by atoms with van der Waals surface area (Å²) in [6.45, 7) is 0. The third-order valence-electron chi connectivity index (χ3n) is 4.04. The summed E-state index contributed by atoms with van der Waals surface area (Å²) in [6.07, 6.45) is 4.42. The summed E-state index contributed by atoms with van der Waals surface area (Å²) >= 11 is 0. The molecule has 3 rings (SSSR count). The number of hydrogen-bond acceptors (Lipinski definition) is 6. The Balaban J connectivity index is 1.57. The molecule has 29 heavy (non-hydrogen) atoms. The molecular formula is C22H20N2O5. The van der Waals surface area contributed by atoms with Crippen molar-refractivity contribution in [1.82, 2.24) is 0 Å². The lowest BCUT2D eigenvalue weighted by Crippen LogP contribution is -2.10. The topological polar surface area (TPSA) is 89.8 Å². The molecule has 0 radical (unpaired) electrons. The molecule has 1 heterocycles. The Hall–Kier alpha value is -4.00. The van der Waals surface area contributed by atoms with E-state index in [-0.39, 0.29) is 17.5 Å². The Bertz CT molecular complexity index is 1010. The molecule has 0 spiro atoms. The van der Waals surface area contributed by atoms with Crippen LogP contribution in [0.5, 0.6) is 11.5 Å². The lowest BCUT2D eigenvalue weighted by Gasteiger charge is -2.08. The van der Waals surface area contributed by atoms with E-state index in [1.807, 2.05) is 0 Å². The number of hydrogen-bond donors (Lipinski definition) is 2. The van der Waals surface area contributed by atoms with Crippen LogP contribution in [0, 0.1) is 0 Å². The van der Waals surface area contributed by atoms with Crippen LogP contribution in [0.4, 0.5) is 11.4 Å². The van der Waals surface area contributed by atoms with Gasteiger partial charge in [-0.2, -0.15) is 0 Å². The first-order valence-electron chi connectivity index (χ1n) is 8.75. The van der Waals surface area contributed by atoms with Crippen LogP contribution in [0.3, 0.4) is 0 Å². The summed E-state index contributed by atoms with van der Waals surface area (Å²) in [5.41, 5.74) is 1.87. The average molecular weight is 392 g/mol. The number of furan rings is 1. The molecule has 0 saturated heterocycles. The van der Waals surface area contributed by atoms with Crippen molar-refractivity contribution >= 4 is 23.1 Å². The summed E-state index contributed by atoms with van der Waals surface area (Å²) in [5.74, 6) is 0.790. The quantitative estimate of drug-likeness (QED) is 0.437. The minimum absolute atomic E-state index is 0.180. The van der Waals surface area contributed by atoms with Gasteiger partial charge in [-0.3, -0.25) is 9.59 Å². The maximum atomic E-state index is 12.3. The van der Waals surface area contributed by atoms with Gasteiger partial charge in [0.2, 0.25) is 0 Å². The van der Waals surface area contributed by atoms with Crippen LogP contribution in [0.15, 0.2) is 77.6 Å². The molecule has 0 aliphatic heterocycles. The van der Waals surface area contributed by atoms with Gasteiger partial charge in [0, 0.05) is 29.2 Å². The highest BCUT2D eigenvalue weighted by Crippen LogP contribution is 2.27. The van der Waals surface area contributed by atoms with E-state index in [1.165, 1.54) is 26.6 Å². The predicted octanol–water partition coefficient (Wildman–Crippen LogP) is 4.36. The third kappa shape index (κ3) is 5.04. The predicted molar refractivity (Wildman–Crippen MR) is 110 cm³/mol. The molecule has 7 nitrogen and oxygen atoms in total. The molecule has 0 atom stereocenters. The Kier molecular flexibility index (Phi) is 6.32. The van der Waals surface area contributed by atoms with Gasteiger partial charge in [0.25, 0.3) is 5.91 Å². The van der Waals surface area contributed by atoms with Crippen LogP contribution in [0.2, 0.25) is 0 Å². The fourth-order valence-corrected chi connectivity index (χ4v) is 2.55. The molecule has 1 amide bonds. The highest BCUT2D eigenvalue weighted by atomic mass is 16.5. The summed E-state index contributed by atoms with van der Waals surface area (Å²) in [7, 11) is 3.06. The molecule has 0 saturated carbocycles. The minimum Gasteiger partial charge on any atom is -0.493 e. The maximum Gasteiger partial charge on any atom is 0.291 e. The zero-order chi connectivity index (χ0) is 20.6. The summed E-state index contributed by atoms with van der Waals surface area (Å²) in [6, 6.07) is 15.3. The monoisotopic (exact) mass is 392 g/mol. The largest absolute Gasteiger partial charge is 0.493 e. The second kappa shape index (κ2) is 9.27. The van der Waals surface area contributed by atoms with Gasteiger partial charge in [-0.25, -0.2) is 0 Å². The Morgan fingerprint density at radius 1 is 0.931 bits per heavy atom. The van der Waals surface area contributed by atoms with E-state index in [2.05, 4.69) is 10.6 Å². The van der Waals surface area contributed by atoms with Gasteiger partial charge >= 0.3 is 0 Å². The van der Waals surface area contributed by atoms with E-state index in [0.29, 0.717) is 22.7 Å². The summed E-state index contributed by atoms with van der Waals surface area (Å²) < 4.78 is 15.4. The summed E-state index contributed by atoms with van der Waals surface area (Å²) in [4.78, 5) is 24.3. The number of nitrogens with one attached hydrogen (secondary N) is 2. The number of benzene rings is 2. The molecule has 0 fully saturated rings. The molecule has 0 bridgehead atoms. The number of amides is 1. The molecule has 1 aromatic heterocycles. The second-order valence-electron chi connectivity index (χ2n) is 5.92. The van der Waals surface area contributed by atoms with Crippen molar-refractivity contribution in [3.05, 3.63) is 84.5 Å². The minimum atomic E-state index is -0.323. The Morgan fingerprint density at radius 2 is 1.66 bits per heavy atom. The lowest BCUT2D eigenvalue weighted by atomic mass is 10.1. The van der Waals surface area contributed by atoms with Crippen LogP contribution in [0.25, 0.3) is 0 Å². The Labute approximate surface area is 167 Å². The molecule has 2 N–H and O–H groups in total. The zero-order valence-electron chi connectivity index (χ0n) is 16.0. The molecule has 0 unspecified atom stereocenters. The van der Waals surface area contributed by atoms with Gasteiger partial charge in [0.15, 0.2) is 23.0 Å². The number of methoxy groups -OCH3 is 2. The van der Waals surface area contributed by atoms with Gasteiger partial charge in [-0.1, -0.05) is 0 Å². The van der Waals surface area contributed by atoms with Gasteiger partial charge in [-0.15, -0.1) is 0 Å². The standard InChI is InChI=1S/C22H20N2O5/c1-27-19-10-5-15(14-21(19)28-2)18(25)11-12-23-16-6-8-17(9-7-16)24-22(26)20-4-3-13-29-20/h3-14,23H,1-2H3,(H,24,26). The van der Waals surface area contributed by atoms with E-state index in [0.717, 1.165) is 5.69 Å². The van der Waals surface area contributed by atoms with Gasteiger partial charge in [0.1, 0.15) is 0 Å². The normalized spacial score (nSPS) is 10.6. The van der Waals surface area contributed by atoms with Crippen molar-refractivity contribution in [2.45, 2.75) is 0 Å². The van der Waals surface area contributed by atoms with E-state index in [4.69, 9.17) is 13.9 Å². The number of anilines is 2. The second-order valence-corrected chi connectivity index (χ2v) is 5.92. The highest BCUT2D eigenvalue weighted by molar-refractivity contribution is 6.05. The van der Waals surface area contributed by atoms with Crippen molar-refractivity contribution in [3.63, 3.8) is 0 Å². The fraction of sp³-hybridized carbons (Fsp3) is 0.0909. The molecule has 7 heteroatoms. The van der Waals surface area contributed by atoms with Crippen LogP contribution in [-0.2, 0) is 0 Å². The van der Waals surface area contributed by atoms with Crippen molar-refractivity contribution in [1.29, 1.82) is 0 Å². The van der Waals surface area contributed by atoms with E-state index in [9.17, 15) is 9.59 Å². The summed E-state index contributed by atoms with van der Waals surface area (Å²) in [5, 5.41) is 5.75. The smallest absolute Gasteiger partial charge is 0.291 e. The fourth-order valence-electron chi connectivity index (χ4n) is 2.55. The number of rotatable bonds is 8. The first-order chi connectivity index (χ1) is 14.1. The van der Waals surface area contributed by atoms with Crippen LogP contribution >= 0.6 is 0 Å². The average Bonchev–Trinajstić information content (AvgIpc) is 3.29. The van der Waals surface area contributed by atoms with Crippen molar-refractivity contribution in [2.75, 3.05) is 24.9 Å². The number of carbonyl (C=O) groups excluding carboxylic acids is 2. The number of allylic oxidation sites excluding steroid dienone is 1. The Morgan fingerprint density at radius 3 is 2.31 bits per heavy atom. The molecule has 0 aliphatic carbocycles. The molecule has 3 aromatic rings. The number of carbonyl (C=O) groups is 2. The molecule has 2 aromatic carbocycles. The highest BCUT2D eigenvalue weighted by Gasteiger charge is 2.09. The van der Waals surface area contributed by atoms with Gasteiger partial charge in [-0.05, 0) is 54.6 Å². The lowest BCUT2D eigenvalue weighted by molar-refractivity contribution is 0.0995. The number of ketones is 1. The van der Waals surface area contributed by atoms with E-state index < -0.39 is 0 Å². The molecule has 0 aliphatic rings. The first-order valence-corrected chi connectivity index (χ1v) is 8.75. The number of ether oxygens (including phenoxy) is 2. The van der Waals surface area contributed by atoms with Gasteiger partial charge < -0.3 is 24.5 Å². The van der Waals surface area contributed by atoms with Crippen LogP contribution in [-0.4, -0.2) is 25.9 Å². The molecular weight excluding hydrogens is 372 g/mol. The third-order valence-corrected chi connectivity index (χ3v) is 4.04. The molecule has 148 valence electrons. The van der Waals surface area contributed by atoms with Crippen molar-refractivity contribution < 1.29 is 23.5 Å². The van der Waals surface area contributed by atoms with Crippen LogP contribution in [0.1, 0.15) is 20.9 Å². The van der Waals surface area contributed by atoms with Crippen molar-refractivity contribution in [3.8, 4) is 11.5 Å². The van der Waals surface area contributed by atoms with Crippen molar-refractivity contribution in [2.24, 2.45) is 0 Å². The maximum absolute atomic E-state index is 12.3. The van der Waals surface area contributed by atoms with E-state index >= 15 is 0 Å². The zero-order valence-corrected chi connectivity index (χ0v) is 16.0.